The van der Waals surface area contributed by atoms with Crippen LogP contribution in [-0.4, -0.2) is 34.9 Å². The van der Waals surface area contributed by atoms with Crippen LogP contribution in [0.3, 0.4) is 0 Å². The molecule has 0 spiro atoms. The Morgan fingerprint density at radius 3 is 2.57 bits per heavy atom. The number of carbonyl (C=O) groups excluding carboxylic acids is 1. The van der Waals surface area contributed by atoms with Crippen molar-refractivity contribution >= 4 is 21.6 Å². The number of aryl methyl sites for hydroxylation is 2. The fourth-order valence-corrected chi connectivity index (χ4v) is 2.61. The molecule has 2 aromatic rings. The van der Waals surface area contributed by atoms with E-state index >= 15 is 0 Å². The lowest BCUT2D eigenvalue weighted by Crippen LogP contribution is -2.33. The van der Waals surface area contributed by atoms with Gasteiger partial charge in [0.15, 0.2) is 21.5 Å². The molecule has 0 fully saturated rings. The Bertz CT molecular complexity index is 748. The Kier molecular flexibility index (Phi) is 4.07. The molecule has 2 heterocycles. The van der Waals surface area contributed by atoms with Crippen LogP contribution in [0.5, 0.6) is 0 Å². The van der Waals surface area contributed by atoms with Crippen LogP contribution in [-0.2, 0) is 20.4 Å². The maximum absolute atomic E-state index is 12.1. The number of hydrogen-bond acceptors (Lipinski definition) is 8. The molecule has 0 saturated heterocycles. The molecule has 1 unspecified atom stereocenters. The second-order valence-corrected chi connectivity index (χ2v) is 6.82. The van der Waals surface area contributed by atoms with Crippen LogP contribution in [0.1, 0.15) is 24.4 Å². The Morgan fingerprint density at radius 1 is 1.33 bits per heavy atom. The summed E-state index contributed by atoms with van der Waals surface area (Å²) in [6.07, 6.45) is 0. The van der Waals surface area contributed by atoms with E-state index in [0.29, 0.717) is 11.6 Å². The van der Waals surface area contributed by atoms with Crippen molar-refractivity contribution in [1.29, 1.82) is 0 Å². The number of nitrogens with zero attached hydrogens (tertiary/aromatic N) is 3. The van der Waals surface area contributed by atoms with E-state index in [1.807, 2.05) is 0 Å². The zero-order valence-corrected chi connectivity index (χ0v) is 12.5. The fraction of sp³-hybridized carbons (Fsp3) is 0.455. The zero-order valence-electron chi connectivity index (χ0n) is 11.7. The highest BCUT2D eigenvalue weighted by Gasteiger charge is 2.30. The summed E-state index contributed by atoms with van der Waals surface area (Å²) >= 11 is 0. The molecule has 10 heteroatoms. The summed E-state index contributed by atoms with van der Waals surface area (Å²) in [5.41, 5.74) is 0. The van der Waals surface area contributed by atoms with E-state index in [9.17, 15) is 13.2 Å². The van der Waals surface area contributed by atoms with Gasteiger partial charge in [-0.2, -0.15) is 4.98 Å². The second kappa shape index (κ2) is 5.64. The average Bonchev–Trinajstić information content (AvgIpc) is 2.97. The van der Waals surface area contributed by atoms with Crippen molar-refractivity contribution in [2.45, 2.75) is 31.8 Å². The predicted octanol–water partition coefficient (Wildman–Crippen LogP) is 0.616. The van der Waals surface area contributed by atoms with Gasteiger partial charge in [0.25, 0.3) is 0 Å². The Hall–Kier alpha value is -2.23. The quantitative estimate of drug-likeness (QED) is 0.850. The first-order valence-corrected chi connectivity index (χ1v) is 7.74. The number of nitrogens with one attached hydrogen (secondary N) is 1. The second-order valence-electron chi connectivity index (χ2n) is 4.50. The molecule has 2 rings (SSSR count). The topological polar surface area (TPSA) is 128 Å². The molecule has 1 amide bonds. The molecule has 0 radical (unpaired) electrons. The predicted molar refractivity (Wildman–Crippen MR) is 71.0 cm³/mol. The molecule has 0 bridgehead atoms. The Labute approximate surface area is 120 Å². The third-order valence-corrected chi connectivity index (χ3v) is 4.62. The third kappa shape index (κ3) is 3.66. The van der Waals surface area contributed by atoms with Crippen LogP contribution in [0.4, 0.5) is 5.82 Å². The molecule has 1 atom stereocenters. The van der Waals surface area contributed by atoms with Crippen LogP contribution in [0.25, 0.3) is 0 Å². The number of rotatable bonds is 5. The first kappa shape index (κ1) is 15.2. The first-order chi connectivity index (χ1) is 9.78. The first-order valence-electron chi connectivity index (χ1n) is 6.03. The van der Waals surface area contributed by atoms with Gasteiger partial charge < -0.3 is 14.4 Å². The van der Waals surface area contributed by atoms with Crippen molar-refractivity contribution in [3.05, 3.63) is 23.5 Å². The minimum Gasteiger partial charge on any atom is -0.360 e. The molecule has 0 aliphatic heterocycles. The van der Waals surface area contributed by atoms with Crippen molar-refractivity contribution in [2.75, 3.05) is 5.32 Å². The summed E-state index contributed by atoms with van der Waals surface area (Å²) in [7, 11) is -3.78. The molecule has 0 aromatic carbocycles. The van der Waals surface area contributed by atoms with E-state index in [0.717, 1.165) is 0 Å². The third-order valence-electron chi connectivity index (χ3n) is 2.68. The molecular weight excluding hydrogens is 300 g/mol. The van der Waals surface area contributed by atoms with E-state index < -0.39 is 26.7 Å². The highest BCUT2D eigenvalue weighted by atomic mass is 32.2. The van der Waals surface area contributed by atoms with Gasteiger partial charge in [-0.3, -0.25) is 4.79 Å². The molecule has 21 heavy (non-hydrogen) atoms. The van der Waals surface area contributed by atoms with Crippen molar-refractivity contribution in [3.8, 4) is 0 Å². The summed E-state index contributed by atoms with van der Waals surface area (Å²) < 4.78 is 33.8. The summed E-state index contributed by atoms with van der Waals surface area (Å²) in [5, 5.41) is 8.15. The normalized spacial score (nSPS) is 13.1. The van der Waals surface area contributed by atoms with Gasteiger partial charge in [0.2, 0.25) is 11.8 Å². The molecule has 114 valence electrons. The maximum atomic E-state index is 12.1. The van der Waals surface area contributed by atoms with E-state index in [4.69, 9.17) is 9.05 Å². The lowest BCUT2D eigenvalue weighted by atomic mass is 10.4. The fourth-order valence-electron chi connectivity index (χ4n) is 1.51. The van der Waals surface area contributed by atoms with E-state index in [-0.39, 0.29) is 11.7 Å². The highest BCUT2D eigenvalue weighted by Crippen LogP contribution is 2.13. The van der Waals surface area contributed by atoms with Gasteiger partial charge in [0, 0.05) is 6.07 Å². The van der Waals surface area contributed by atoms with E-state index in [2.05, 4.69) is 20.6 Å². The Balaban J connectivity index is 2.06. The molecule has 0 aliphatic rings. The molecule has 1 N–H and O–H groups in total. The SMILES string of the molecule is Cc1noc(CS(=O)(=O)C(C)C(=O)Nc2cc(C)on2)n1. The molecular formula is C11H14N4O5S. The summed E-state index contributed by atoms with van der Waals surface area (Å²) in [4.78, 5) is 15.7. The van der Waals surface area contributed by atoms with Crippen LogP contribution in [0.2, 0.25) is 0 Å². The van der Waals surface area contributed by atoms with Crippen LogP contribution in [0.15, 0.2) is 15.1 Å². The van der Waals surface area contributed by atoms with Crippen molar-refractivity contribution < 1.29 is 22.3 Å². The van der Waals surface area contributed by atoms with Crippen molar-refractivity contribution in [1.82, 2.24) is 15.3 Å². The smallest absolute Gasteiger partial charge is 0.243 e. The number of hydrogen-bond donors (Lipinski definition) is 1. The van der Waals surface area contributed by atoms with E-state index in [1.54, 1.807) is 13.8 Å². The summed E-state index contributed by atoms with van der Waals surface area (Å²) in [6, 6.07) is 1.48. The Morgan fingerprint density at radius 2 is 2.05 bits per heavy atom. The number of carbonyl (C=O) groups is 1. The summed E-state index contributed by atoms with van der Waals surface area (Å²) in [5.74, 6) is -0.269. The minimum absolute atomic E-state index is 0.0515. The van der Waals surface area contributed by atoms with Crippen molar-refractivity contribution in [3.63, 3.8) is 0 Å². The van der Waals surface area contributed by atoms with Crippen LogP contribution in [0, 0.1) is 13.8 Å². The highest BCUT2D eigenvalue weighted by molar-refractivity contribution is 7.92. The van der Waals surface area contributed by atoms with Gasteiger partial charge in [-0.1, -0.05) is 10.3 Å². The zero-order chi connectivity index (χ0) is 15.6. The largest absolute Gasteiger partial charge is 0.360 e. The van der Waals surface area contributed by atoms with Gasteiger partial charge in [-0.25, -0.2) is 8.42 Å². The minimum atomic E-state index is -3.78. The number of sulfone groups is 1. The lowest BCUT2D eigenvalue weighted by Gasteiger charge is -2.10. The van der Waals surface area contributed by atoms with Gasteiger partial charge in [-0.05, 0) is 20.8 Å². The van der Waals surface area contributed by atoms with Gasteiger partial charge in [0.1, 0.15) is 16.8 Å². The molecule has 2 aromatic heterocycles. The number of anilines is 1. The molecule has 0 saturated carbocycles. The average molecular weight is 314 g/mol. The summed E-state index contributed by atoms with van der Waals surface area (Å²) in [6.45, 7) is 4.50. The maximum Gasteiger partial charge on any atom is 0.243 e. The van der Waals surface area contributed by atoms with Gasteiger partial charge >= 0.3 is 0 Å². The number of aromatic nitrogens is 3. The van der Waals surface area contributed by atoms with Crippen LogP contribution < -0.4 is 5.32 Å². The molecule has 9 nitrogen and oxygen atoms in total. The van der Waals surface area contributed by atoms with Crippen molar-refractivity contribution in [2.24, 2.45) is 0 Å². The number of amides is 1. The monoisotopic (exact) mass is 314 g/mol. The van der Waals surface area contributed by atoms with Gasteiger partial charge in [-0.15, -0.1) is 0 Å². The van der Waals surface area contributed by atoms with E-state index in [1.165, 1.54) is 13.0 Å². The van der Waals surface area contributed by atoms with Gasteiger partial charge in [0.05, 0.1) is 0 Å². The lowest BCUT2D eigenvalue weighted by molar-refractivity contribution is -0.115. The standard InChI is InChI=1S/C11H14N4O5S/c1-6-4-9(15-19-6)13-11(16)7(2)21(17,18)5-10-12-8(3)14-20-10/h4,7H,5H2,1-3H3,(H,13,15,16). The van der Waals surface area contributed by atoms with Crippen LogP contribution >= 0.6 is 0 Å². The molecule has 0 aliphatic carbocycles.